The molecule has 0 unspecified atom stereocenters. The fourth-order valence-electron chi connectivity index (χ4n) is 1.69. The van der Waals surface area contributed by atoms with Crippen LogP contribution in [0, 0.1) is 5.41 Å². The maximum absolute atomic E-state index is 11.1. The van der Waals surface area contributed by atoms with Gasteiger partial charge in [-0.2, -0.15) is 4.89 Å². The molecule has 4 heteroatoms. The van der Waals surface area contributed by atoms with Crippen molar-refractivity contribution in [1.29, 1.82) is 0 Å². The van der Waals surface area contributed by atoms with E-state index in [0.29, 0.717) is 5.76 Å². The van der Waals surface area contributed by atoms with Crippen molar-refractivity contribution in [3.8, 4) is 0 Å². The Morgan fingerprint density at radius 3 is 2.00 bits per heavy atom. The average molecular weight is 258 g/mol. The first-order valence-corrected chi connectivity index (χ1v) is 6.31. The highest BCUT2D eigenvalue weighted by Gasteiger charge is 2.31. The maximum atomic E-state index is 11.1. The molecule has 0 fully saturated rings. The zero-order valence-electron chi connectivity index (χ0n) is 12.6. The van der Waals surface area contributed by atoms with Crippen molar-refractivity contribution in [3.05, 3.63) is 11.3 Å². The molecular weight excluding hydrogens is 232 g/mol. The Balaban J connectivity index is 5.21. The molecule has 0 aromatic heterocycles. The molecule has 0 aliphatic heterocycles. The van der Waals surface area contributed by atoms with Gasteiger partial charge >= 0.3 is 5.97 Å². The van der Waals surface area contributed by atoms with Crippen LogP contribution < -0.4 is 0 Å². The summed E-state index contributed by atoms with van der Waals surface area (Å²) in [7, 11) is 0. The third-order valence-electron chi connectivity index (χ3n) is 2.53. The number of hydrogen-bond acceptors (Lipinski definition) is 3. The molecule has 0 aromatic rings. The van der Waals surface area contributed by atoms with Crippen LogP contribution in [0.4, 0.5) is 0 Å². The minimum absolute atomic E-state index is 0.192. The van der Waals surface area contributed by atoms with Crippen molar-refractivity contribution in [3.63, 3.8) is 0 Å². The number of hydrogen-bond donors (Lipinski definition) is 1. The van der Waals surface area contributed by atoms with Gasteiger partial charge in [-0.3, -0.25) is 0 Å². The van der Waals surface area contributed by atoms with E-state index in [1.165, 1.54) is 0 Å². The first-order chi connectivity index (χ1) is 8.01. The topological polar surface area (TPSA) is 55.8 Å². The van der Waals surface area contributed by atoms with Gasteiger partial charge in [0.15, 0.2) is 5.76 Å². The number of carboxylic acid groups (broad SMARTS) is 1. The fourth-order valence-corrected chi connectivity index (χ4v) is 1.69. The Bertz CT molecular complexity index is 321. The van der Waals surface area contributed by atoms with Crippen molar-refractivity contribution >= 4 is 5.97 Å². The zero-order valence-corrected chi connectivity index (χ0v) is 12.6. The fraction of sp³-hybridized carbons (Fsp3) is 0.786. The highest BCUT2D eigenvalue weighted by Crippen LogP contribution is 2.35. The highest BCUT2D eigenvalue weighted by molar-refractivity contribution is 5.86. The van der Waals surface area contributed by atoms with Crippen LogP contribution in [0.25, 0.3) is 0 Å². The predicted octanol–water partition coefficient (Wildman–Crippen LogP) is 3.92. The SMILES string of the molecule is CCCC(C)(C)C(OOC(C)(C)C)=C(C)C(=O)O. The zero-order chi connectivity index (χ0) is 14.6. The summed E-state index contributed by atoms with van der Waals surface area (Å²) in [6.07, 6.45) is 1.78. The van der Waals surface area contributed by atoms with Crippen molar-refractivity contribution in [2.45, 2.75) is 66.9 Å². The van der Waals surface area contributed by atoms with Crippen LogP contribution in [0.5, 0.6) is 0 Å². The minimum atomic E-state index is -0.980. The van der Waals surface area contributed by atoms with Crippen molar-refractivity contribution in [1.82, 2.24) is 0 Å². The molecule has 0 atom stereocenters. The van der Waals surface area contributed by atoms with Crippen LogP contribution in [0.1, 0.15) is 61.3 Å². The monoisotopic (exact) mass is 258 g/mol. The van der Waals surface area contributed by atoms with Crippen molar-refractivity contribution in [2.24, 2.45) is 5.41 Å². The molecule has 4 nitrogen and oxygen atoms in total. The van der Waals surface area contributed by atoms with E-state index < -0.39 is 11.6 Å². The Labute approximate surface area is 110 Å². The summed E-state index contributed by atoms with van der Waals surface area (Å²) in [5.74, 6) is -0.585. The summed E-state index contributed by atoms with van der Waals surface area (Å²) in [6, 6.07) is 0. The van der Waals surface area contributed by atoms with Gasteiger partial charge in [-0.1, -0.05) is 27.2 Å². The highest BCUT2D eigenvalue weighted by atomic mass is 17.2. The Kier molecular flexibility index (Phi) is 5.87. The molecule has 0 spiro atoms. The predicted molar refractivity (Wildman–Crippen MR) is 70.9 cm³/mol. The van der Waals surface area contributed by atoms with Gasteiger partial charge in [-0.05, 0) is 34.1 Å². The van der Waals surface area contributed by atoms with E-state index in [9.17, 15) is 4.79 Å². The van der Waals surface area contributed by atoms with Gasteiger partial charge in [0.25, 0.3) is 0 Å². The van der Waals surface area contributed by atoms with Gasteiger partial charge in [0, 0.05) is 5.41 Å². The molecule has 0 radical (unpaired) electrons. The quantitative estimate of drug-likeness (QED) is 0.339. The molecule has 0 aliphatic rings. The van der Waals surface area contributed by atoms with Gasteiger partial charge in [-0.25, -0.2) is 4.79 Å². The molecule has 0 aromatic carbocycles. The lowest BCUT2D eigenvalue weighted by Gasteiger charge is -2.29. The Hall–Kier alpha value is -1.03. The van der Waals surface area contributed by atoms with Crippen molar-refractivity contribution < 1.29 is 19.7 Å². The molecule has 0 amide bonds. The second-order valence-corrected chi connectivity index (χ2v) is 6.17. The summed E-state index contributed by atoms with van der Waals surface area (Å²) in [4.78, 5) is 21.7. The lowest BCUT2D eigenvalue weighted by atomic mass is 9.84. The number of aliphatic carboxylic acids is 1. The standard InChI is InChI=1S/C14H26O4/c1-8-9-14(6,7)11(10(2)12(15)16)17-18-13(3,4)5/h8-9H2,1-7H3,(H,15,16). The smallest absolute Gasteiger partial charge is 0.334 e. The van der Waals surface area contributed by atoms with Crippen LogP contribution in [0.15, 0.2) is 11.3 Å². The molecule has 0 rings (SSSR count). The van der Waals surface area contributed by atoms with E-state index in [1.807, 2.05) is 34.6 Å². The van der Waals surface area contributed by atoms with Crippen molar-refractivity contribution in [2.75, 3.05) is 0 Å². The molecule has 0 saturated heterocycles. The normalized spacial score (nSPS) is 14.2. The summed E-state index contributed by atoms with van der Waals surface area (Å²) in [5, 5.41) is 9.12. The molecule has 0 saturated carbocycles. The summed E-state index contributed by atoms with van der Waals surface area (Å²) >= 11 is 0. The van der Waals surface area contributed by atoms with Crippen LogP contribution >= 0.6 is 0 Å². The Morgan fingerprint density at radius 1 is 1.17 bits per heavy atom. The molecule has 106 valence electrons. The van der Waals surface area contributed by atoms with Crippen LogP contribution in [0.2, 0.25) is 0 Å². The van der Waals surface area contributed by atoms with Gasteiger partial charge in [0.05, 0.1) is 5.57 Å². The molecule has 1 N–H and O–H groups in total. The number of allylic oxidation sites excluding steroid dienone is 1. The molecule has 18 heavy (non-hydrogen) atoms. The Morgan fingerprint density at radius 2 is 1.67 bits per heavy atom. The molecule has 0 aliphatic carbocycles. The third-order valence-corrected chi connectivity index (χ3v) is 2.53. The molecular formula is C14H26O4. The van der Waals surface area contributed by atoms with Gasteiger partial charge < -0.3 is 9.99 Å². The molecule has 0 heterocycles. The van der Waals surface area contributed by atoms with E-state index in [1.54, 1.807) is 6.92 Å². The van der Waals surface area contributed by atoms with Gasteiger partial charge in [0.1, 0.15) is 5.60 Å². The summed E-state index contributed by atoms with van der Waals surface area (Å²) < 4.78 is 0. The number of carboxylic acids is 1. The summed E-state index contributed by atoms with van der Waals surface area (Å²) in [5.41, 5.74) is -0.646. The average Bonchev–Trinajstić information content (AvgIpc) is 2.14. The first-order valence-electron chi connectivity index (χ1n) is 6.31. The van der Waals surface area contributed by atoms with Crippen LogP contribution in [-0.4, -0.2) is 16.7 Å². The number of rotatable bonds is 6. The van der Waals surface area contributed by atoms with E-state index >= 15 is 0 Å². The summed E-state index contributed by atoms with van der Waals surface area (Å²) in [6.45, 7) is 13.1. The minimum Gasteiger partial charge on any atom is -0.478 e. The molecule has 0 bridgehead atoms. The lowest BCUT2D eigenvalue weighted by Crippen LogP contribution is -2.26. The van der Waals surface area contributed by atoms with Crippen LogP contribution in [0.3, 0.4) is 0 Å². The largest absolute Gasteiger partial charge is 0.478 e. The van der Waals surface area contributed by atoms with E-state index in [0.717, 1.165) is 12.8 Å². The number of carbonyl (C=O) groups is 1. The first kappa shape index (κ1) is 17.0. The van der Waals surface area contributed by atoms with E-state index in [2.05, 4.69) is 6.92 Å². The second-order valence-electron chi connectivity index (χ2n) is 6.17. The van der Waals surface area contributed by atoms with Gasteiger partial charge in [-0.15, -0.1) is 0 Å². The van der Waals surface area contributed by atoms with Gasteiger partial charge in [0.2, 0.25) is 0 Å². The second kappa shape index (κ2) is 6.23. The van der Waals surface area contributed by atoms with E-state index in [4.69, 9.17) is 14.9 Å². The third kappa shape index (κ3) is 5.54. The van der Waals surface area contributed by atoms with E-state index in [-0.39, 0.29) is 11.0 Å². The van der Waals surface area contributed by atoms with Crippen LogP contribution in [-0.2, 0) is 14.6 Å². The maximum Gasteiger partial charge on any atom is 0.334 e. The lowest BCUT2D eigenvalue weighted by molar-refractivity contribution is -0.330.